The number of ether oxygens (including phenoxy) is 1. The summed E-state index contributed by atoms with van der Waals surface area (Å²) in [6.45, 7) is 3.19. The maximum Gasteiger partial charge on any atom is 0.120 e. The molecule has 2 fully saturated rings. The van der Waals surface area contributed by atoms with Crippen molar-refractivity contribution in [3.05, 3.63) is 29.8 Å². The molecule has 0 spiro atoms. The molecule has 0 aromatic heterocycles. The third-order valence-electron chi connectivity index (χ3n) is 4.55. The number of piperazine rings is 1. The van der Waals surface area contributed by atoms with Crippen LogP contribution in [-0.2, 0) is 0 Å². The molecule has 116 valence electrons. The second-order valence-corrected chi connectivity index (χ2v) is 6.54. The summed E-state index contributed by atoms with van der Waals surface area (Å²) in [5.41, 5.74) is 0.967. The van der Waals surface area contributed by atoms with Gasteiger partial charge in [0.25, 0.3) is 0 Å². The SMILES string of the molecule is CN1CCN(C)C(CC(O)c2cccc(OC3CC3)c2)C1. The Hall–Kier alpha value is -1.10. The fraction of sp³-hybridized carbons (Fsp3) is 0.647. The molecule has 1 aromatic rings. The Balaban J connectivity index is 1.62. The highest BCUT2D eigenvalue weighted by atomic mass is 16.5. The normalized spacial score (nSPS) is 25.8. The van der Waals surface area contributed by atoms with Gasteiger partial charge in [-0.15, -0.1) is 0 Å². The zero-order chi connectivity index (χ0) is 14.8. The van der Waals surface area contributed by atoms with Crippen LogP contribution in [-0.4, -0.2) is 60.8 Å². The lowest BCUT2D eigenvalue weighted by atomic mass is 9.99. The van der Waals surface area contributed by atoms with E-state index in [9.17, 15) is 5.11 Å². The lowest BCUT2D eigenvalue weighted by molar-refractivity contribution is 0.0634. The second-order valence-electron chi connectivity index (χ2n) is 6.54. The van der Waals surface area contributed by atoms with Crippen molar-refractivity contribution in [1.29, 1.82) is 0 Å². The van der Waals surface area contributed by atoms with Crippen molar-refractivity contribution in [2.24, 2.45) is 0 Å². The Labute approximate surface area is 127 Å². The molecule has 1 saturated carbocycles. The molecule has 1 heterocycles. The zero-order valence-electron chi connectivity index (χ0n) is 13.0. The highest BCUT2D eigenvalue weighted by molar-refractivity contribution is 5.30. The first-order valence-electron chi connectivity index (χ1n) is 7.95. The quantitative estimate of drug-likeness (QED) is 0.898. The number of hydrogen-bond donors (Lipinski definition) is 1. The summed E-state index contributed by atoms with van der Waals surface area (Å²) in [5.74, 6) is 0.892. The van der Waals surface area contributed by atoms with Crippen molar-refractivity contribution in [3.8, 4) is 5.75 Å². The molecular weight excluding hydrogens is 264 g/mol. The Morgan fingerprint density at radius 1 is 1.29 bits per heavy atom. The average Bonchev–Trinajstić information content (AvgIpc) is 3.27. The monoisotopic (exact) mass is 290 g/mol. The van der Waals surface area contributed by atoms with Gasteiger partial charge in [0.2, 0.25) is 0 Å². The predicted molar refractivity (Wildman–Crippen MR) is 83.6 cm³/mol. The summed E-state index contributed by atoms with van der Waals surface area (Å²) < 4.78 is 5.81. The van der Waals surface area contributed by atoms with E-state index in [0.29, 0.717) is 12.1 Å². The van der Waals surface area contributed by atoms with Crippen molar-refractivity contribution < 1.29 is 9.84 Å². The number of aliphatic hydroxyl groups excluding tert-OH is 1. The third-order valence-corrected chi connectivity index (χ3v) is 4.55. The average molecular weight is 290 g/mol. The molecule has 2 aliphatic rings. The molecule has 2 atom stereocenters. The molecule has 1 aliphatic heterocycles. The van der Waals surface area contributed by atoms with Gasteiger partial charge >= 0.3 is 0 Å². The van der Waals surface area contributed by atoms with E-state index in [4.69, 9.17) is 4.74 Å². The largest absolute Gasteiger partial charge is 0.490 e. The summed E-state index contributed by atoms with van der Waals surface area (Å²) in [7, 11) is 4.30. The smallest absolute Gasteiger partial charge is 0.120 e. The topological polar surface area (TPSA) is 35.9 Å². The third kappa shape index (κ3) is 3.96. The predicted octanol–water partition coefficient (Wildman–Crippen LogP) is 1.90. The van der Waals surface area contributed by atoms with Gasteiger partial charge in [-0.05, 0) is 51.1 Å². The molecule has 21 heavy (non-hydrogen) atoms. The van der Waals surface area contributed by atoms with E-state index in [-0.39, 0.29) is 0 Å². The van der Waals surface area contributed by atoms with Crippen LogP contribution < -0.4 is 4.74 Å². The maximum absolute atomic E-state index is 10.6. The lowest BCUT2D eigenvalue weighted by Gasteiger charge is -2.38. The molecule has 4 nitrogen and oxygen atoms in total. The fourth-order valence-electron chi connectivity index (χ4n) is 2.92. The minimum absolute atomic E-state index is 0.399. The minimum atomic E-state index is -0.424. The van der Waals surface area contributed by atoms with Crippen LogP contribution in [0.4, 0.5) is 0 Å². The van der Waals surface area contributed by atoms with Gasteiger partial charge in [0.15, 0.2) is 0 Å². The minimum Gasteiger partial charge on any atom is -0.490 e. The van der Waals surface area contributed by atoms with Crippen molar-refractivity contribution in [2.45, 2.75) is 37.5 Å². The van der Waals surface area contributed by atoms with Crippen molar-refractivity contribution in [3.63, 3.8) is 0 Å². The second kappa shape index (κ2) is 6.34. The van der Waals surface area contributed by atoms with Gasteiger partial charge in [0, 0.05) is 25.7 Å². The van der Waals surface area contributed by atoms with E-state index >= 15 is 0 Å². The van der Waals surface area contributed by atoms with Gasteiger partial charge in [-0.3, -0.25) is 0 Å². The van der Waals surface area contributed by atoms with Crippen LogP contribution in [0.3, 0.4) is 0 Å². The van der Waals surface area contributed by atoms with Crippen LogP contribution >= 0.6 is 0 Å². The molecule has 2 unspecified atom stereocenters. The van der Waals surface area contributed by atoms with Gasteiger partial charge in [-0.25, -0.2) is 0 Å². The summed E-state index contributed by atoms with van der Waals surface area (Å²) in [5, 5.41) is 10.6. The van der Waals surface area contributed by atoms with E-state index in [0.717, 1.165) is 50.2 Å². The van der Waals surface area contributed by atoms with Gasteiger partial charge < -0.3 is 19.6 Å². The molecule has 0 radical (unpaired) electrons. The van der Waals surface area contributed by atoms with Crippen molar-refractivity contribution in [1.82, 2.24) is 9.80 Å². The summed E-state index contributed by atoms with van der Waals surface area (Å²) in [6.07, 6.45) is 3.06. The van der Waals surface area contributed by atoms with E-state index in [1.165, 1.54) is 0 Å². The van der Waals surface area contributed by atoms with Crippen LogP contribution in [0.1, 0.15) is 30.9 Å². The Morgan fingerprint density at radius 3 is 2.86 bits per heavy atom. The number of aliphatic hydroxyl groups is 1. The van der Waals surface area contributed by atoms with Crippen molar-refractivity contribution in [2.75, 3.05) is 33.7 Å². The number of nitrogens with zero attached hydrogens (tertiary/aromatic N) is 2. The highest BCUT2D eigenvalue weighted by Gasteiger charge is 2.26. The number of benzene rings is 1. The zero-order valence-corrected chi connectivity index (χ0v) is 13.0. The number of rotatable bonds is 5. The standard InChI is InChI=1S/C17H26N2O2/c1-18-8-9-19(2)14(12-18)11-17(20)13-4-3-5-16(10-13)21-15-6-7-15/h3-5,10,14-15,17,20H,6-9,11-12H2,1-2H3. The molecular formula is C17H26N2O2. The number of hydrogen-bond acceptors (Lipinski definition) is 4. The molecule has 1 aromatic carbocycles. The Morgan fingerprint density at radius 2 is 2.10 bits per heavy atom. The fourth-order valence-corrected chi connectivity index (χ4v) is 2.92. The van der Waals surface area contributed by atoms with Crippen molar-refractivity contribution >= 4 is 0 Å². The molecule has 1 aliphatic carbocycles. The Bertz CT molecular complexity index is 476. The highest BCUT2D eigenvalue weighted by Crippen LogP contribution is 2.29. The van der Waals surface area contributed by atoms with E-state index in [1.54, 1.807) is 0 Å². The van der Waals surface area contributed by atoms with E-state index < -0.39 is 6.10 Å². The summed E-state index contributed by atoms with van der Waals surface area (Å²) in [4.78, 5) is 4.69. The van der Waals surface area contributed by atoms with Gasteiger partial charge in [0.1, 0.15) is 5.75 Å². The van der Waals surface area contributed by atoms with Crippen LogP contribution in [0.25, 0.3) is 0 Å². The first-order valence-corrected chi connectivity index (χ1v) is 7.95. The maximum atomic E-state index is 10.6. The lowest BCUT2D eigenvalue weighted by Crippen LogP contribution is -2.50. The first kappa shape index (κ1) is 14.8. The summed E-state index contributed by atoms with van der Waals surface area (Å²) in [6, 6.07) is 8.36. The molecule has 1 N–H and O–H groups in total. The first-order chi connectivity index (χ1) is 10.1. The van der Waals surface area contributed by atoms with Gasteiger partial charge in [0.05, 0.1) is 12.2 Å². The molecule has 4 heteroatoms. The Kier molecular flexibility index (Phi) is 4.48. The molecule has 0 amide bonds. The van der Waals surface area contributed by atoms with Crippen LogP contribution in [0, 0.1) is 0 Å². The molecule has 1 saturated heterocycles. The van der Waals surface area contributed by atoms with Crippen LogP contribution in [0.5, 0.6) is 5.75 Å². The molecule has 0 bridgehead atoms. The van der Waals surface area contributed by atoms with Crippen LogP contribution in [0.2, 0.25) is 0 Å². The van der Waals surface area contributed by atoms with Gasteiger partial charge in [-0.1, -0.05) is 12.1 Å². The van der Waals surface area contributed by atoms with Crippen LogP contribution in [0.15, 0.2) is 24.3 Å². The number of likely N-dealkylation sites (N-methyl/N-ethyl adjacent to an activating group) is 2. The van der Waals surface area contributed by atoms with Gasteiger partial charge in [-0.2, -0.15) is 0 Å². The van der Waals surface area contributed by atoms with E-state index in [1.807, 2.05) is 24.3 Å². The molecule has 3 rings (SSSR count). The summed E-state index contributed by atoms with van der Waals surface area (Å²) >= 11 is 0. The van der Waals surface area contributed by atoms with E-state index in [2.05, 4.69) is 23.9 Å².